The zero-order valence-corrected chi connectivity index (χ0v) is 12.5. The minimum absolute atomic E-state index is 0.803. The smallest absolute Gasteiger partial charge is 0.123 e. The predicted molar refractivity (Wildman–Crippen MR) is 86.3 cm³/mol. The summed E-state index contributed by atoms with van der Waals surface area (Å²) in [5.74, 6) is 2.58. The number of methoxy groups -OCH3 is 2. The summed E-state index contributed by atoms with van der Waals surface area (Å²) in [5, 5.41) is 2.10. The highest BCUT2D eigenvalue weighted by atomic mass is 32.2. The second-order valence-corrected chi connectivity index (χ2v) is 5.14. The Kier molecular flexibility index (Phi) is 5.56. The van der Waals surface area contributed by atoms with Gasteiger partial charge in [0.15, 0.2) is 0 Å². The SMILES string of the molecule is COc1cc(/C=C/SCc2ccccc2)cc(OC)c1. The van der Waals surface area contributed by atoms with Crippen LogP contribution in [0, 0.1) is 0 Å². The van der Waals surface area contributed by atoms with Crippen molar-refractivity contribution in [3.63, 3.8) is 0 Å². The van der Waals surface area contributed by atoms with E-state index in [2.05, 4.69) is 35.7 Å². The van der Waals surface area contributed by atoms with Gasteiger partial charge in [-0.15, -0.1) is 11.8 Å². The molecular formula is C17H18O2S. The zero-order valence-electron chi connectivity index (χ0n) is 11.7. The summed E-state index contributed by atoms with van der Waals surface area (Å²) in [6.45, 7) is 0. The monoisotopic (exact) mass is 286 g/mol. The van der Waals surface area contributed by atoms with Gasteiger partial charge in [0, 0.05) is 11.8 Å². The van der Waals surface area contributed by atoms with Crippen LogP contribution in [-0.4, -0.2) is 14.2 Å². The first-order chi connectivity index (χ1) is 9.81. The highest BCUT2D eigenvalue weighted by Gasteiger charge is 1.99. The summed E-state index contributed by atoms with van der Waals surface area (Å²) < 4.78 is 10.5. The Labute approximate surface area is 124 Å². The van der Waals surface area contributed by atoms with Gasteiger partial charge in [-0.05, 0) is 34.7 Å². The second-order valence-electron chi connectivity index (χ2n) is 4.25. The largest absolute Gasteiger partial charge is 0.497 e. The van der Waals surface area contributed by atoms with Crippen molar-refractivity contribution in [3.05, 3.63) is 65.1 Å². The van der Waals surface area contributed by atoms with Crippen LogP contribution in [0.2, 0.25) is 0 Å². The second kappa shape index (κ2) is 7.65. The van der Waals surface area contributed by atoms with Gasteiger partial charge < -0.3 is 9.47 Å². The van der Waals surface area contributed by atoms with Gasteiger partial charge in [-0.1, -0.05) is 30.3 Å². The fraction of sp³-hybridized carbons (Fsp3) is 0.176. The summed E-state index contributed by atoms with van der Waals surface area (Å²) in [6, 6.07) is 16.3. The van der Waals surface area contributed by atoms with Gasteiger partial charge in [0.2, 0.25) is 0 Å². The van der Waals surface area contributed by atoms with Gasteiger partial charge in [-0.2, -0.15) is 0 Å². The van der Waals surface area contributed by atoms with E-state index < -0.39 is 0 Å². The van der Waals surface area contributed by atoms with E-state index in [1.807, 2.05) is 24.3 Å². The summed E-state index contributed by atoms with van der Waals surface area (Å²) in [7, 11) is 3.32. The lowest BCUT2D eigenvalue weighted by atomic mass is 10.2. The molecule has 0 unspecified atom stereocenters. The number of hydrogen-bond acceptors (Lipinski definition) is 3. The van der Waals surface area contributed by atoms with Crippen LogP contribution >= 0.6 is 11.8 Å². The number of hydrogen-bond donors (Lipinski definition) is 0. The van der Waals surface area contributed by atoms with Crippen molar-refractivity contribution in [1.29, 1.82) is 0 Å². The van der Waals surface area contributed by atoms with E-state index in [0.717, 1.165) is 22.8 Å². The molecule has 0 saturated heterocycles. The van der Waals surface area contributed by atoms with Gasteiger partial charge in [0.1, 0.15) is 11.5 Å². The van der Waals surface area contributed by atoms with E-state index in [9.17, 15) is 0 Å². The molecule has 104 valence electrons. The van der Waals surface area contributed by atoms with Gasteiger partial charge in [-0.25, -0.2) is 0 Å². The van der Waals surface area contributed by atoms with Gasteiger partial charge in [0.05, 0.1) is 14.2 Å². The normalized spacial score (nSPS) is 10.7. The van der Waals surface area contributed by atoms with Crippen molar-refractivity contribution in [2.75, 3.05) is 14.2 Å². The fourth-order valence-electron chi connectivity index (χ4n) is 1.77. The third-order valence-electron chi connectivity index (χ3n) is 2.82. The van der Waals surface area contributed by atoms with E-state index in [1.54, 1.807) is 26.0 Å². The highest BCUT2D eigenvalue weighted by Crippen LogP contribution is 2.24. The van der Waals surface area contributed by atoms with E-state index >= 15 is 0 Å². The molecule has 0 radical (unpaired) electrons. The maximum atomic E-state index is 5.25. The molecule has 0 saturated carbocycles. The first-order valence-corrected chi connectivity index (χ1v) is 7.42. The molecule has 0 bridgehead atoms. The minimum Gasteiger partial charge on any atom is -0.497 e. The van der Waals surface area contributed by atoms with Crippen molar-refractivity contribution in [3.8, 4) is 11.5 Å². The molecule has 2 aromatic carbocycles. The van der Waals surface area contributed by atoms with Crippen LogP contribution in [0.15, 0.2) is 53.9 Å². The average molecular weight is 286 g/mol. The quantitative estimate of drug-likeness (QED) is 0.772. The first kappa shape index (κ1) is 14.5. The molecule has 20 heavy (non-hydrogen) atoms. The minimum atomic E-state index is 0.803. The topological polar surface area (TPSA) is 18.5 Å². The van der Waals surface area contributed by atoms with Crippen molar-refractivity contribution >= 4 is 17.8 Å². The van der Waals surface area contributed by atoms with Crippen LogP contribution in [0.5, 0.6) is 11.5 Å². The van der Waals surface area contributed by atoms with Crippen LogP contribution in [0.1, 0.15) is 11.1 Å². The molecule has 0 aliphatic carbocycles. The average Bonchev–Trinajstić information content (AvgIpc) is 2.52. The zero-order chi connectivity index (χ0) is 14.2. The number of benzene rings is 2. The molecule has 0 aliphatic rings. The van der Waals surface area contributed by atoms with Crippen molar-refractivity contribution < 1.29 is 9.47 Å². The lowest BCUT2D eigenvalue weighted by Gasteiger charge is -2.05. The van der Waals surface area contributed by atoms with Gasteiger partial charge in [-0.3, -0.25) is 0 Å². The Bertz CT molecular complexity index is 542. The summed E-state index contributed by atoms with van der Waals surface area (Å²) in [5.41, 5.74) is 2.40. The van der Waals surface area contributed by atoms with Crippen LogP contribution in [0.25, 0.3) is 6.08 Å². The Morgan fingerprint density at radius 3 is 2.20 bits per heavy atom. The van der Waals surface area contributed by atoms with E-state index in [1.165, 1.54) is 5.56 Å². The Hall–Kier alpha value is -1.87. The molecule has 0 aromatic heterocycles. The number of rotatable bonds is 6. The molecule has 0 spiro atoms. The molecule has 3 heteroatoms. The maximum Gasteiger partial charge on any atom is 0.123 e. The third kappa shape index (κ3) is 4.35. The maximum absolute atomic E-state index is 5.25. The Morgan fingerprint density at radius 1 is 0.950 bits per heavy atom. The van der Waals surface area contributed by atoms with Crippen LogP contribution in [-0.2, 0) is 5.75 Å². The van der Waals surface area contributed by atoms with E-state index in [4.69, 9.17) is 9.47 Å². The molecule has 2 aromatic rings. The molecule has 0 amide bonds. The fourth-order valence-corrected chi connectivity index (χ4v) is 2.51. The molecule has 0 atom stereocenters. The molecule has 0 heterocycles. The standard InChI is InChI=1S/C17H18O2S/c1-18-16-10-15(11-17(12-16)19-2)8-9-20-13-14-6-4-3-5-7-14/h3-12H,13H2,1-2H3/b9-8+. The molecule has 2 nitrogen and oxygen atoms in total. The van der Waals surface area contributed by atoms with Crippen molar-refractivity contribution in [2.24, 2.45) is 0 Å². The molecule has 0 aliphatic heterocycles. The molecular weight excluding hydrogens is 268 g/mol. The number of thioether (sulfide) groups is 1. The number of ether oxygens (including phenoxy) is 2. The molecule has 2 rings (SSSR count). The highest BCUT2D eigenvalue weighted by molar-refractivity contribution is 8.01. The lowest BCUT2D eigenvalue weighted by Crippen LogP contribution is -1.87. The lowest BCUT2D eigenvalue weighted by molar-refractivity contribution is 0.394. The molecule has 0 fully saturated rings. The Morgan fingerprint density at radius 2 is 1.60 bits per heavy atom. The van der Waals surface area contributed by atoms with Gasteiger partial charge >= 0.3 is 0 Å². The summed E-state index contributed by atoms with van der Waals surface area (Å²) >= 11 is 1.77. The van der Waals surface area contributed by atoms with Crippen LogP contribution in [0.4, 0.5) is 0 Å². The van der Waals surface area contributed by atoms with Crippen LogP contribution < -0.4 is 9.47 Å². The van der Waals surface area contributed by atoms with Crippen molar-refractivity contribution in [2.45, 2.75) is 5.75 Å². The van der Waals surface area contributed by atoms with Crippen molar-refractivity contribution in [1.82, 2.24) is 0 Å². The van der Waals surface area contributed by atoms with Crippen LogP contribution in [0.3, 0.4) is 0 Å². The predicted octanol–water partition coefficient (Wildman–Crippen LogP) is 4.61. The van der Waals surface area contributed by atoms with E-state index in [0.29, 0.717) is 0 Å². The molecule has 0 N–H and O–H groups in total. The summed E-state index contributed by atoms with van der Waals surface area (Å²) in [4.78, 5) is 0. The van der Waals surface area contributed by atoms with Gasteiger partial charge in [0.25, 0.3) is 0 Å². The third-order valence-corrected chi connectivity index (χ3v) is 3.65. The first-order valence-electron chi connectivity index (χ1n) is 6.37. The van der Waals surface area contributed by atoms with E-state index in [-0.39, 0.29) is 0 Å². The summed E-state index contributed by atoms with van der Waals surface area (Å²) in [6.07, 6.45) is 2.07. The Balaban J connectivity index is 1.97.